The molecule has 1 aliphatic rings. The van der Waals surface area contributed by atoms with Gasteiger partial charge in [-0.25, -0.2) is 0 Å². The molecule has 4 heteroatoms. The fourth-order valence-electron chi connectivity index (χ4n) is 1.14. The van der Waals surface area contributed by atoms with Gasteiger partial charge in [-0.1, -0.05) is 6.92 Å². The van der Waals surface area contributed by atoms with Gasteiger partial charge >= 0.3 is 5.97 Å². The van der Waals surface area contributed by atoms with Crippen LogP contribution in [0.4, 0.5) is 0 Å². The molecule has 0 N–H and O–H groups in total. The second kappa shape index (κ2) is 3.51. The summed E-state index contributed by atoms with van der Waals surface area (Å²) in [6.07, 6.45) is 1.35. The first-order valence-electron chi connectivity index (χ1n) is 4.02. The van der Waals surface area contributed by atoms with E-state index in [9.17, 15) is 14.4 Å². The number of hydrogen-bond donors (Lipinski definition) is 0. The lowest BCUT2D eigenvalue weighted by atomic mass is 9.95. The zero-order valence-corrected chi connectivity index (χ0v) is 7.49. The van der Waals surface area contributed by atoms with E-state index in [0.29, 0.717) is 0 Å². The molecule has 70 valence electrons. The van der Waals surface area contributed by atoms with Crippen molar-refractivity contribution < 1.29 is 19.1 Å². The van der Waals surface area contributed by atoms with Crippen molar-refractivity contribution in [1.29, 1.82) is 0 Å². The highest BCUT2D eigenvalue weighted by Crippen LogP contribution is 2.16. The summed E-state index contributed by atoms with van der Waals surface area (Å²) >= 11 is 0. The largest absolute Gasteiger partial charge is 0.430 e. The Labute approximate surface area is 75.6 Å². The number of carbonyl (C=O) groups excluding carboxylic acids is 3. The van der Waals surface area contributed by atoms with Crippen molar-refractivity contribution in [2.75, 3.05) is 0 Å². The maximum Gasteiger partial charge on any atom is 0.329 e. The lowest BCUT2D eigenvalue weighted by Crippen LogP contribution is -2.35. The van der Waals surface area contributed by atoms with Gasteiger partial charge in [-0.3, -0.25) is 14.4 Å². The van der Waals surface area contributed by atoms with Crippen LogP contribution in [0.15, 0.2) is 11.8 Å². The molecule has 1 rings (SSSR count). The zero-order chi connectivity index (χ0) is 10.0. The van der Waals surface area contributed by atoms with Crippen LogP contribution >= 0.6 is 0 Å². The predicted octanol–water partition coefficient (Wildman–Crippen LogP) is 0.611. The topological polar surface area (TPSA) is 60.4 Å². The van der Waals surface area contributed by atoms with Crippen LogP contribution < -0.4 is 0 Å². The summed E-state index contributed by atoms with van der Waals surface area (Å²) in [7, 11) is 0. The third-order valence-electron chi connectivity index (χ3n) is 1.80. The predicted molar refractivity (Wildman–Crippen MR) is 43.6 cm³/mol. The summed E-state index contributed by atoms with van der Waals surface area (Å²) in [6.45, 7) is 3.11. The lowest BCUT2D eigenvalue weighted by Gasteiger charge is -2.16. The van der Waals surface area contributed by atoms with Crippen LogP contribution in [0.5, 0.6) is 0 Å². The van der Waals surface area contributed by atoms with Crippen LogP contribution in [0.1, 0.15) is 20.3 Å². The summed E-state index contributed by atoms with van der Waals surface area (Å²) in [5.41, 5.74) is 0. The van der Waals surface area contributed by atoms with Crippen LogP contribution in [0, 0.1) is 5.92 Å². The minimum Gasteiger partial charge on any atom is -0.430 e. The summed E-state index contributed by atoms with van der Waals surface area (Å²) in [5, 5.41) is 0. The first-order valence-corrected chi connectivity index (χ1v) is 4.02. The monoisotopic (exact) mass is 182 g/mol. The summed E-state index contributed by atoms with van der Waals surface area (Å²) in [6, 6.07) is 0. The van der Waals surface area contributed by atoms with Crippen LogP contribution in [0.25, 0.3) is 0 Å². The van der Waals surface area contributed by atoms with Gasteiger partial charge in [-0.05, 0) is 6.92 Å². The number of ketones is 2. The molecule has 0 radical (unpaired) electrons. The minimum atomic E-state index is -1.23. The van der Waals surface area contributed by atoms with E-state index in [2.05, 4.69) is 4.74 Å². The molecule has 0 saturated carbocycles. The fraction of sp³-hybridized carbons (Fsp3) is 0.444. The summed E-state index contributed by atoms with van der Waals surface area (Å²) in [4.78, 5) is 33.5. The van der Waals surface area contributed by atoms with E-state index < -0.39 is 23.5 Å². The Morgan fingerprint density at radius 2 is 2.15 bits per heavy atom. The Morgan fingerprint density at radius 3 is 2.62 bits per heavy atom. The van der Waals surface area contributed by atoms with Crippen LogP contribution in [-0.4, -0.2) is 17.5 Å². The molecule has 13 heavy (non-hydrogen) atoms. The molecule has 0 aromatic heterocycles. The van der Waals surface area contributed by atoms with E-state index >= 15 is 0 Å². The molecule has 0 unspecified atom stereocenters. The quantitative estimate of drug-likeness (QED) is 0.463. The molecule has 0 aliphatic carbocycles. The maximum atomic E-state index is 11.2. The third-order valence-corrected chi connectivity index (χ3v) is 1.80. The number of allylic oxidation sites excluding steroid dienone is 2. The van der Waals surface area contributed by atoms with Crippen LogP contribution in [-0.2, 0) is 19.1 Å². The second-order valence-corrected chi connectivity index (χ2v) is 2.83. The molecule has 0 saturated heterocycles. The van der Waals surface area contributed by atoms with E-state index in [1.807, 2.05) is 0 Å². The number of hydrogen-bond acceptors (Lipinski definition) is 4. The summed E-state index contributed by atoms with van der Waals surface area (Å²) in [5.74, 6) is -2.60. The number of ether oxygens (including phenoxy) is 1. The smallest absolute Gasteiger partial charge is 0.329 e. The Kier molecular flexibility index (Phi) is 2.60. The van der Waals surface area contributed by atoms with Crippen molar-refractivity contribution in [3.05, 3.63) is 11.8 Å². The standard InChI is InChI=1S/C9H10O4/c1-3-6(10)8-7(11)4-5(2)13-9(8)12/h4,8H,3H2,1-2H3/t8-/m0/s1. The molecule has 0 bridgehead atoms. The van der Waals surface area contributed by atoms with Gasteiger partial charge in [-0.15, -0.1) is 0 Å². The van der Waals surface area contributed by atoms with Crippen molar-refractivity contribution >= 4 is 17.5 Å². The first-order chi connectivity index (χ1) is 6.06. The normalized spacial score (nSPS) is 22.3. The van der Waals surface area contributed by atoms with E-state index in [1.54, 1.807) is 6.92 Å². The average Bonchev–Trinajstić information content (AvgIpc) is 2.02. The van der Waals surface area contributed by atoms with Crippen molar-refractivity contribution in [1.82, 2.24) is 0 Å². The molecule has 0 aromatic rings. The number of cyclic esters (lactones) is 1. The Hall–Kier alpha value is -1.45. The van der Waals surface area contributed by atoms with Gasteiger partial charge in [0.05, 0.1) is 0 Å². The van der Waals surface area contributed by atoms with Crippen molar-refractivity contribution in [3.8, 4) is 0 Å². The van der Waals surface area contributed by atoms with Gasteiger partial charge in [0.1, 0.15) is 5.76 Å². The first kappa shape index (κ1) is 9.64. The molecule has 0 spiro atoms. The second-order valence-electron chi connectivity index (χ2n) is 2.83. The highest BCUT2D eigenvalue weighted by atomic mass is 16.5. The van der Waals surface area contributed by atoms with Gasteiger partial charge in [0.15, 0.2) is 17.5 Å². The summed E-state index contributed by atoms with van der Waals surface area (Å²) < 4.78 is 4.67. The van der Waals surface area contributed by atoms with Crippen LogP contribution in [0.2, 0.25) is 0 Å². The van der Waals surface area contributed by atoms with Crippen molar-refractivity contribution in [2.45, 2.75) is 20.3 Å². The Bertz CT molecular complexity index is 301. The lowest BCUT2D eigenvalue weighted by molar-refractivity contribution is -0.152. The van der Waals surface area contributed by atoms with E-state index in [4.69, 9.17) is 0 Å². The van der Waals surface area contributed by atoms with Crippen molar-refractivity contribution in [3.63, 3.8) is 0 Å². The highest BCUT2D eigenvalue weighted by molar-refractivity contribution is 6.21. The molecule has 4 nitrogen and oxygen atoms in total. The maximum absolute atomic E-state index is 11.2. The molecule has 1 atom stereocenters. The molecule has 1 aliphatic heterocycles. The Morgan fingerprint density at radius 1 is 1.54 bits per heavy atom. The van der Waals surface area contributed by atoms with E-state index in [1.165, 1.54) is 13.0 Å². The number of Topliss-reactive ketones (excluding diaryl/α,β-unsaturated/α-hetero) is 1. The molecule has 1 heterocycles. The van der Waals surface area contributed by atoms with Gasteiger partial charge in [0, 0.05) is 12.5 Å². The molecular weight excluding hydrogens is 172 g/mol. The van der Waals surface area contributed by atoms with Gasteiger partial charge in [-0.2, -0.15) is 0 Å². The highest BCUT2D eigenvalue weighted by Gasteiger charge is 2.36. The number of rotatable bonds is 2. The van der Waals surface area contributed by atoms with Gasteiger partial charge in [0.25, 0.3) is 0 Å². The van der Waals surface area contributed by atoms with Gasteiger partial charge < -0.3 is 4.74 Å². The van der Waals surface area contributed by atoms with E-state index in [0.717, 1.165) is 0 Å². The van der Waals surface area contributed by atoms with E-state index in [-0.39, 0.29) is 12.2 Å². The van der Waals surface area contributed by atoms with Crippen molar-refractivity contribution in [2.24, 2.45) is 5.92 Å². The Balaban J connectivity index is 2.93. The average molecular weight is 182 g/mol. The minimum absolute atomic E-state index is 0.165. The fourth-order valence-corrected chi connectivity index (χ4v) is 1.14. The third kappa shape index (κ3) is 1.83. The molecule has 0 aromatic carbocycles. The zero-order valence-electron chi connectivity index (χ0n) is 7.49. The molecule has 0 amide bonds. The van der Waals surface area contributed by atoms with Gasteiger partial charge in [0.2, 0.25) is 0 Å². The molecule has 0 fully saturated rings. The molecular formula is C9H10O4. The SMILES string of the molecule is CCC(=O)[C@H]1C(=O)C=C(C)OC1=O. The van der Waals surface area contributed by atoms with Crippen LogP contribution in [0.3, 0.4) is 0 Å². The number of esters is 1. The number of carbonyl (C=O) groups is 3.